The summed E-state index contributed by atoms with van der Waals surface area (Å²) in [6, 6.07) is 19.1. The first-order valence-electron chi connectivity index (χ1n) is 9.43. The van der Waals surface area contributed by atoms with E-state index in [1.54, 1.807) is 30.1 Å². The number of fused-ring (bicyclic) bond motifs is 1. The molecule has 5 rings (SSSR count). The van der Waals surface area contributed by atoms with Crippen LogP contribution in [0, 0.1) is 0 Å². The van der Waals surface area contributed by atoms with Crippen LogP contribution < -0.4 is 5.32 Å². The normalized spacial score (nSPS) is 10.9. The molecule has 0 aliphatic heterocycles. The maximum Gasteiger partial charge on any atom is 0.255 e. The second kappa shape index (κ2) is 7.88. The smallest absolute Gasteiger partial charge is 0.255 e. The fourth-order valence-corrected chi connectivity index (χ4v) is 4.06. The van der Waals surface area contributed by atoms with Gasteiger partial charge < -0.3 is 9.88 Å². The molecule has 0 bridgehead atoms. The van der Waals surface area contributed by atoms with E-state index in [1.165, 1.54) is 0 Å². The molecule has 0 unspecified atom stereocenters. The van der Waals surface area contributed by atoms with Gasteiger partial charge in [0.05, 0.1) is 6.33 Å². The Labute approximate surface area is 176 Å². The molecule has 0 spiro atoms. The van der Waals surface area contributed by atoms with E-state index < -0.39 is 0 Å². The minimum atomic E-state index is -0.138. The van der Waals surface area contributed by atoms with E-state index in [1.807, 2.05) is 71.4 Å². The molecule has 0 saturated carbocycles. The lowest BCUT2D eigenvalue weighted by Crippen LogP contribution is -2.11. The van der Waals surface area contributed by atoms with Gasteiger partial charge in [-0.3, -0.25) is 4.79 Å². The van der Waals surface area contributed by atoms with E-state index in [9.17, 15) is 4.79 Å². The molecule has 3 aromatic heterocycles. The summed E-state index contributed by atoms with van der Waals surface area (Å²) in [5.74, 6) is -0.138. The van der Waals surface area contributed by atoms with Crippen molar-refractivity contribution in [3.05, 3.63) is 96.7 Å². The summed E-state index contributed by atoms with van der Waals surface area (Å²) in [5.41, 5.74) is 4.36. The Balaban J connectivity index is 1.26. The van der Waals surface area contributed by atoms with Gasteiger partial charge in [-0.1, -0.05) is 23.5 Å². The molecule has 0 atom stereocenters. The zero-order chi connectivity index (χ0) is 20.3. The Bertz CT molecular complexity index is 1260. The van der Waals surface area contributed by atoms with Crippen LogP contribution in [0.5, 0.6) is 0 Å². The molecule has 0 radical (unpaired) electrons. The van der Waals surface area contributed by atoms with Crippen LogP contribution in [0.4, 0.5) is 5.69 Å². The molecule has 0 aliphatic rings. The highest BCUT2D eigenvalue weighted by Crippen LogP contribution is 2.29. The maximum absolute atomic E-state index is 12.6. The van der Waals surface area contributed by atoms with Crippen molar-refractivity contribution in [2.75, 3.05) is 5.32 Å². The van der Waals surface area contributed by atoms with E-state index in [2.05, 4.69) is 20.3 Å². The molecule has 1 amide bonds. The van der Waals surface area contributed by atoms with Crippen molar-refractivity contribution in [1.82, 2.24) is 19.5 Å². The average molecular weight is 411 g/mol. The van der Waals surface area contributed by atoms with Crippen molar-refractivity contribution in [3.63, 3.8) is 0 Å². The van der Waals surface area contributed by atoms with Crippen molar-refractivity contribution in [2.45, 2.75) is 6.54 Å². The number of rotatable bonds is 5. The lowest BCUT2D eigenvalue weighted by Gasteiger charge is -2.07. The quantitative estimate of drug-likeness (QED) is 0.448. The van der Waals surface area contributed by atoms with Crippen LogP contribution in [0.15, 0.2) is 85.6 Å². The molecule has 2 aromatic carbocycles. The van der Waals surface area contributed by atoms with E-state index in [0.717, 1.165) is 38.7 Å². The number of carbonyl (C=O) groups is 1. The first kappa shape index (κ1) is 18.2. The van der Waals surface area contributed by atoms with Crippen LogP contribution in [0.3, 0.4) is 0 Å². The standard InChI is InChI=1S/C23H17N5OS/c29-21(17-5-3-16(4-6-17)14-28-13-12-24-15-28)26-19-9-7-18(8-10-19)22-27-20-2-1-11-25-23(20)30-22/h1-13,15H,14H2,(H,26,29). The van der Waals surface area contributed by atoms with Crippen LogP contribution >= 0.6 is 11.3 Å². The summed E-state index contributed by atoms with van der Waals surface area (Å²) in [6.07, 6.45) is 7.21. The van der Waals surface area contributed by atoms with Gasteiger partial charge in [-0.15, -0.1) is 0 Å². The summed E-state index contributed by atoms with van der Waals surface area (Å²) >= 11 is 1.55. The van der Waals surface area contributed by atoms with Gasteiger partial charge in [0.2, 0.25) is 0 Å². The topological polar surface area (TPSA) is 72.7 Å². The van der Waals surface area contributed by atoms with E-state index in [-0.39, 0.29) is 5.91 Å². The molecule has 0 saturated heterocycles. The number of hydrogen-bond donors (Lipinski definition) is 1. The molecular weight excluding hydrogens is 394 g/mol. The average Bonchev–Trinajstić information content (AvgIpc) is 3.44. The summed E-state index contributed by atoms with van der Waals surface area (Å²) in [6.45, 7) is 0.727. The third-order valence-electron chi connectivity index (χ3n) is 4.70. The fourth-order valence-electron chi connectivity index (χ4n) is 3.15. The van der Waals surface area contributed by atoms with Crippen molar-refractivity contribution >= 4 is 33.3 Å². The monoisotopic (exact) mass is 411 g/mol. The summed E-state index contributed by atoms with van der Waals surface area (Å²) in [7, 11) is 0. The first-order chi connectivity index (χ1) is 14.7. The third kappa shape index (κ3) is 3.83. The SMILES string of the molecule is O=C(Nc1ccc(-c2nc3cccnc3s2)cc1)c1ccc(Cn2ccnc2)cc1. The van der Waals surface area contributed by atoms with Gasteiger partial charge in [0.15, 0.2) is 0 Å². The predicted molar refractivity (Wildman–Crippen MR) is 119 cm³/mol. The maximum atomic E-state index is 12.6. The minimum absolute atomic E-state index is 0.138. The molecule has 0 aliphatic carbocycles. The lowest BCUT2D eigenvalue weighted by atomic mass is 10.1. The summed E-state index contributed by atoms with van der Waals surface area (Å²) < 4.78 is 1.98. The highest BCUT2D eigenvalue weighted by molar-refractivity contribution is 7.21. The van der Waals surface area contributed by atoms with Gasteiger partial charge in [-0.25, -0.2) is 15.0 Å². The largest absolute Gasteiger partial charge is 0.333 e. The number of benzene rings is 2. The molecular formula is C23H17N5OS. The van der Waals surface area contributed by atoms with E-state index in [4.69, 9.17) is 0 Å². The van der Waals surface area contributed by atoms with Gasteiger partial charge in [0, 0.05) is 41.9 Å². The summed E-state index contributed by atoms with van der Waals surface area (Å²) in [4.78, 5) is 26.5. The Hall–Kier alpha value is -3.84. The highest BCUT2D eigenvalue weighted by atomic mass is 32.1. The number of hydrogen-bond acceptors (Lipinski definition) is 5. The Kier molecular flexibility index (Phi) is 4.78. The number of anilines is 1. The summed E-state index contributed by atoms with van der Waals surface area (Å²) in [5, 5.41) is 3.86. The third-order valence-corrected chi connectivity index (χ3v) is 5.72. The Morgan fingerprint density at radius 3 is 2.57 bits per heavy atom. The van der Waals surface area contributed by atoms with Gasteiger partial charge in [-0.2, -0.15) is 0 Å². The number of imidazole rings is 1. The van der Waals surface area contributed by atoms with Gasteiger partial charge in [0.1, 0.15) is 15.4 Å². The number of carbonyl (C=O) groups excluding carboxylic acids is 1. The number of aromatic nitrogens is 4. The zero-order valence-corrected chi connectivity index (χ0v) is 16.7. The second-order valence-electron chi connectivity index (χ2n) is 6.81. The van der Waals surface area contributed by atoms with Gasteiger partial charge >= 0.3 is 0 Å². The Morgan fingerprint density at radius 2 is 1.83 bits per heavy atom. The first-order valence-corrected chi connectivity index (χ1v) is 10.2. The molecule has 30 heavy (non-hydrogen) atoms. The molecule has 3 heterocycles. The van der Waals surface area contributed by atoms with E-state index >= 15 is 0 Å². The van der Waals surface area contributed by atoms with Gasteiger partial charge in [-0.05, 0) is 54.1 Å². The number of pyridine rings is 1. The minimum Gasteiger partial charge on any atom is -0.333 e. The fraction of sp³-hybridized carbons (Fsp3) is 0.0435. The van der Waals surface area contributed by atoms with E-state index in [0.29, 0.717) is 5.56 Å². The number of amides is 1. The van der Waals surface area contributed by atoms with Crippen molar-refractivity contribution in [2.24, 2.45) is 0 Å². The predicted octanol–water partition coefficient (Wildman–Crippen LogP) is 4.86. The molecule has 7 heteroatoms. The van der Waals surface area contributed by atoms with Crippen molar-refractivity contribution in [3.8, 4) is 10.6 Å². The molecule has 6 nitrogen and oxygen atoms in total. The number of thiazole rings is 1. The van der Waals surface area contributed by atoms with Crippen LogP contribution in [-0.4, -0.2) is 25.4 Å². The number of nitrogens with zero attached hydrogens (tertiary/aromatic N) is 4. The highest BCUT2D eigenvalue weighted by Gasteiger charge is 2.09. The zero-order valence-electron chi connectivity index (χ0n) is 15.9. The molecule has 0 fully saturated rings. The van der Waals surface area contributed by atoms with Gasteiger partial charge in [0.25, 0.3) is 5.91 Å². The van der Waals surface area contributed by atoms with Crippen molar-refractivity contribution < 1.29 is 4.79 Å². The van der Waals surface area contributed by atoms with Crippen LogP contribution in [-0.2, 0) is 6.54 Å². The molecule has 1 N–H and O–H groups in total. The number of nitrogens with one attached hydrogen (secondary N) is 1. The van der Waals surface area contributed by atoms with Crippen LogP contribution in [0.25, 0.3) is 20.9 Å². The Morgan fingerprint density at radius 1 is 1.00 bits per heavy atom. The lowest BCUT2D eigenvalue weighted by molar-refractivity contribution is 0.102. The molecule has 5 aromatic rings. The molecule has 146 valence electrons. The van der Waals surface area contributed by atoms with Crippen LogP contribution in [0.2, 0.25) is 0 Å². The second-order valence-corrected chi connectivity index (χ2v) is 7.79. The van der Waals surface area contributed by atoms with Crippen LogP contribution in [0.1, 0.15) is 15.9 Å². The van der Waals surface area contributed by atoms with Crippen molar-refractivity contribution in [1.29, 1.82) is 0 Å².